The van der Waals surface area contributed by atoms with Crippen LogP contribution in [0.1, 0.15) is 6.42 Å². The van der Waals surface area contributed by atoms with Gasteiger partial charge in [-0.05, 0) is 0 Å². The Morgan fingerprint density at radius 3 is 2.55 bits per heavy atom. The van der Waals surface area contributed by atoms with E-state index in [1.807, 2.05) is 0 Å². The van der Waals surface area contributed by atoms with Gasteiger partial charge in [0.15, 0.2) is 0 Å². The third-order valence-corrected chi connectivity index (χ3v) is 0.702. The van der Waals surface area contributed by atoms with Gasteiger partial charge in [0, 0.05) is 12.3 Å². The third-order valence-electron chi connectivity index (χ3n) is 0.702. The third kappa shape index (κ3) is 6.23. The SMILES string of the molecule is O=C(O)CC=NC(=O)/C=C/O. The summed E-state index contributed by atoms with van der Waals surface area (Å²) in [6.07, 6.45) is 2.02. The molecule has 0 spiro atoms. The number of hydrogen-bond donors (Lipinski definition) is 2. The fourth-order valence-electron chi connectivity index (χ4n) is 0.321. The normalized spacial score (nSPS) is 10.9. The van der Waals surface area contributed by atoms with Crippen molar-refractivity contribution < 1.29 is 19.8 Å². The van der Waals surface area contributed by atoms with E-state index in [1.54, 1.807) is 0 Å². The van der Waals surface area contributed by atoms with Gasteiger partial charge in [0.05, 0.1) is 12.7 Å². The minimum Gasteiger partial charge on any atom is -0.515 e. The van der Waals surface area contributed by atoms with Crippen LogP contribution < -0.4 is 0 Å². The van der Waals surface area contributed by atoms with Crippen LogP contribution in [0.5, 0.6) is 0 Å². The van der Waals surface area contributed by atoms with E-state index in [0.717, 1.165) is 12.3 Å². The lowest BCUT2D eigenvalue weighted by molar-refractivity contribution is -0.135. The van der Waals surface area contributed by atoms with Crippen LogP contribution in [0, 0.1) is 0 Å². The summed E-state index contributed by atoms with van der Waals surface area (Å²) in [5.41, 5.74) is 0. The summed E-state index contributed by atoms with van der Waals surface area (Å²) < 4.78 is 0. The molecule has 0 unspecified atom stereocenters. The van der Waals surface area contributed by atoms with Crippen molar-refractivity contribution in [1.82, 2.24) is 0 Å². The van der Waals surface area contributed by atoms with E-state index >= 15 is 0 Å². The molecule has 0 fully saturated rings. The summed E-state index contributed by atoms with van der Waals surface area (Å²) in [4.78, 5) is 23.4. The maximum Gasteiger partial charge on any atom is 0.308 e. The summed E-state index contributed by atoms with van der Waals surface area (Å²) in [6, 6.07) is 0. The lowest BCUT2D eigenvalue weighted by Gasteiger charge is -1.81. The van der Waals surface area contributed by atoms with Crippen LogP contribution in [-0.4, -0.2) is 28.3 Å². The number of rotatable bonds is 3. The van der Waals surface area contributed by atoms with Crippen molar-refractivity contribution in [2.75, 3.05) is 0 Å². The highest BCUT2D eigenvalue weighted by molar-refractivity contribution is 5.96. The highest BCUT2D eigenvalue weighted by atomic mass is 16.4. The molecule has 0 bridgehead atoms. The van der Waals surface area contributed by atoms with E-state index in [9.17, 15) is 9.59 Å². The van der Waals surface area contributed by atoms with Gasteiger partial charge in [0.25, 0.3) is 5.91 Å². The summed E-state index contributed by atoms with van der Waals surface area (Å²) in [5.74, 6) is -1.75. The van der Waals surface area contributed by atoms with Crippen LogP contribution >= 0.6 is 0 Å². The van der Waals surface area contributed by atoms with Gasteiger partial charge in [-0.25, -0.2) is 4.99 Å². The minimum atomic E-state index is -1.06. The number of hydrogen-bond acceptors (Lipinski definition) is 3. The number of aliphatic hydroxyl groups is 1. The van der Waals surface area contributed by atoms with E-state index in [0.29, 0.717) is 6.26 Å². The van der Waals surface area contributed by atoms with E-state index in [4.69, 9.17) is 10.2 Å². The molecule has 0 aliphatic rings. The van der Waals surface area contributed by atoms with Gasteiger partial charge in [0.2, 0.25) is 0 Å². The molecule has 5 heteroatoms. The van der Waals surface area contributed by atoms with Crippen molar-refractivity contribution in [3.8, 4) is 0 Å². The van der Waals surface area contributed by atoms with Gasteiger partial charge < -0.3 is 10.2 Å². The number of carbonyl (C=O) groups excluding carboxylic acids is 1. The van der Waals surface area contributed by atoms with Crippen molar-refractivity contribution in [2.24, 2.45) is 4.99 Å². The molecule has 1 amide bonds. The molecule has 0 rings (SSSR count). The Hall–Kier alpha value is -1.65. The first-order chi connectivity index (χ1) is 5.16. The first-order valence-corrected chi connectivity index (χ1v) is 2.76. The highest BCUT2D eigenvalue weighted by Gasteiger charge is 1.92. The van der Waals surface area contributed by atoms with Crippen LogP contribution in [0.15, 0.2) is 17.3 Å². The van der Waals surface area contributed by atoms with Crippen molar-refractivity contribution in [3.05, 3.63) is 12.3 Å². The molecule has 0 saturated heterocycles. The molecule has 0 aliphatic heterocycles. The maximum absolute atomic E-state index is 10.4. The summed E-state index contributed by atoms with van der Waals surface area (Å²) in [7, 11) is 0. The lowest BCUT2D eigenvalue weighted by Crippen LogP contribution is -1.96. The molecular formula is C6H7NO4. The molecule has 11 heavy (non-hydrogen) atoms. The molecule has 2 N–H and O–H groups in total. The predicted octanol–water partition coefficient (Wildman–Crippen LogP) is 0.130. The fourth-order valence-corrected chi connectivity index (χ4v) is 0.321. The van der Waals surface area contributed by atoms with Crippen molar-refractivity contribution >= 4 is 18.1 Å². The summed E-state index contributed by atoms with van der Waals surface area (Å²) in [6.45, 7) is 0. The number of amides is 1. The zero-order chi connectivity index (χ0) is 8.69. The second-order valence-electron chi connectivity index (χ2n) is 1.56. The Bertz CT molecular complexity index is 207. The van der Waals surface area contributed by atoms with Gasteiger partial charge >= 0.3 is 5.97 Å². The summed E-state index contributed by atoms with van der Waals surface area (Å²) >= 11 is 0. The summed E-state index contributed by atoms with van der Waals surface area (Å²) in [5, 5.41) is 16.1. The van der Waals surface area contributed by atoms with Crippen molar-refractivity contribution in [1.29, 1.82) is 0 Å². The Morgan fingerprint density at radius 1 is 1.45 bits per heavy atom. The molecule has 0 heterocycles. The van der Waals surface area contributed by atoms with Crippen LogP contribution in [-0.2, 0) is 9.59 Å². The Kier molecular flexibility index (Phi) is 4.39. The van der Waals surface area contributed by atoms with Crippen LogP contribution in [0.3, 0.4) is 0 Å². The van der Waals surface area contributed by atoms with Gasteiger partial charge in [-0.1, -0.05) is 0 Å². The van der Waals surface area contributed by atoms with Crippen molar-refractivity contribution in [2.45, 2.75) is 6.42 Å². The van der Waals surface area contributed by atoms with E-state index in [-0.39, 0.29) is 6.42 Å². The molecule has 0 aromatic heterocycles. The number of carboxylic acids is 1. The first-order valence-electron chi connectivity index (χ1n) is 2.76. The lowest BCUT2D eigenvalue weighted by atomic mass is 10.5. The number of nitrogens with zero attached hydrogens (tertiary/aromatic N) is 1. The Labute approximate surface area is 62.7 Å². The zero-order valence-electron chi connectivity index (χ0n) is 5.60. The predicted molar refractivity (Wildman–Crippen MR) is 37.5 cm³/mol. The molecular weight excluding hydrogens is 150 g/mol. The van der Waals surface area contributed by atoms with Crippen LogP contribution in [0.25, 0.3) is 0 Å². The van der Waals surface area contributed by atoms with E-state index < -0.39 is 11.9 Å². The number of aliphatic carboxylic acids is 1. The molecule has 0 saturated carbocycles. The smallest absolute Gasteiger partial charge is 0.308 e. The minimum absolute atomic E-state index is 0.301. The van der Waals surface area contributed by atoms with Crippen LogP contribution in [0.4, 0.5) is 0 Å². The quantitative estimate of drug-likeness (QED) is 0.346. The second kappa shape index (κ2) is 5.16. The molecule has 0 aromatic rings. The average molecular weight is 157 g/mol. The standard InChI is InChI=1S/C6H7NO4/c8-4-2-5(9)7-3-1-6(10)11/h2-4,8H,1H2,(H,10,11)/b4-2+,7-3?. The van der Waals surface area contributed by atoms with Gasteiger partial charge in [-0.3, -0.25) is 9.59 Å². The number of carboxylic acid groups (broad SMARTS) is 1. The Balaban J connectivity index is 3.74. The number of aliphatic imine (C=N–C) groups is 1. The molecule has 0 aliphatic carbocycles. The largest absolute Gasteiger partial charge is 0.515 e. The van der Waals surface area contributed by atoms with E-state index in [2.05, 4.69) is 4.99 Å². The first kappa shape index (κ1) is 9.35. The molecule has 5 nitrogen and oxygen atoms in total. The van der Waals surface area contributed by atoms with E-state index in [1.165, 1.54) is 0 Å². The zero-order valence-corrected chi connectivity index (χ0v) is 5.60. The number of carbonyl (C=O) groups is 2. The maximum atomic E-state index is 10.4. The van der Waals surface area contributed by atoms with Gasteiger partial charge in [0.1, 0.15) is 0 Å². The fraction of sp³-hybridized carbons (Fsp3) is 0.167. The Morgan fingerprint density at radius 2 is 2.09 bits per heavy atom. The molecule has 0 radical (unpaired) electrons. The monoisotopic (exact) mass is 157 g/mol. The average Bonchev–Trinajstić information content (AvgIpc) is 1.87. The van der Waals surface area contributed by atoms with Crippen LogP contribution in [0.2, 0.25) is 0 Å². The molecule has 60 valence electrons. The van der Waals surface area contributed by atoms with Gasteiger partial charge in [-0.15, -0.1) is 0 Å². The van der Waals surface area contributed by atoms with Gasteiger partial charge in [-0.2, -0.15) is 0 Å². The molecule has 0 atom stereocenters. The topological polar surface area (TPSA) is 87.0 Å². The van der Waals surface area contributed by atoms with Crippen molar-refractivity contribution in [3.63, 3.8) is 0 Å². The highest BCUT2D eigenvalue weighted by Crippen LogP contribution is 1.78. The second-order valence-corrected chi connectivity index (χ2v) is 1.56. The molecule has 0 aromatic carbocycles. The number of aliphatic hydroxyl groups excluding tert-OH is 1.